The van der Waals surface area contributed by atoms with E-state index in [2.05, 4.69) is 4.98 Å². The van der Waals surface area contributed by atoms with Gasteiger partial charge in [0.05, 0.1) is 5.92 Å². The first-order valence-corrected chi connectivity index (χ1v) is 9.07. The highest BCUT2D eigenvalue weighted by atomic mass is 19.4. The Kier molecular flexibility index (Phi) is 6.34. The zero-order valence-corrected chi connectivity index (χ0v) is 15.2. The summed E-state index contributed by atoms with van der Waals surface area (Å²) in [4.78, 5) is 17.5. The summed E-state index contributed by atoms with van der Waals surface area (Å²) in [7, 11) is 0. The average Bonchev–Trinajstić information content (AvgIpc) is 2.71. The Labute approximate surface area is 161 Å². The maximum absolute atomic E-state index is 12.9. The van der Waals surface area contributed by atoms with Crippen LogP contribution >= 0.6 is 0 Å². The van der Waals surface area contributed by atoms with Gasteiger partial charge in [-0.05, 0) is 42.7 Å². The second-order valence-electron chi connectivity index (χ2n) is 6.72. The van der Waals surface area contributed by atoms with Gasteiger partial charge in [0.25, 0.3) is 0 Å². The highest BCUT2D eigenvalue weighted by Crippen LogP contribution is 2.33. The van der Waals surface area contributed by atoms with E-state index < -0.39 is 18.0 Å². The van der Waals surface area contributed by atoms with E-state index in [0.29, 0.717) is 25.3 Å². The van der Waals surface area contributed by atoms with Gasteiger partial charge in [0.15, 0.2) is 0 Å². The van der Waals surface area contributed by atoms with E-state index in [1.54, 1.807) is 42.7 Å². The van der Waals surface area contributed by atoms with Crippen LogP contribution in [0.5, 0.6) is 5.75 Å². The van der Waals surface area contributed by atoms with Crippen LogP contribution in [0.15, 0.2) is 54.9 Å². The third kappa shape index (κ3) is 5.58. The molecule has 1 atom stereocenters. The van der Waals surface area contributed by atoms with Gasteiger partial charge in [0.2, 0.25) is 5.91 Å². The van der Waals surface area contributed by atoms with Crippen LogP contribution in [0.3, 0.4) is 0 Å². The molecule has 0 bridgehead atoms. The number of hydrogen-bond acceptors (Lipinski definition) is 3. The molecule has 0 saturated carbocycles. The molecule has 1 amide bonds. The van der Waals surface area contributed by atoms with Gasteiger partial charge in [-0.2, -0.15) is 13.2 Å². The van der Waals surface area contributed by atoms with Crippen molar-refractivity contribution >= 4 is 12.0 Å². The number of pyridine rings is 1. The summed E-state index contributed by atoms with van der Waals surface area (Å²) >= 11 is 0. The Morgan fingerprint density at radius 2 is 2.04 bits per heavy atom. The molecule has 28 heavy (non-hydrogen) atoms. The van der Waals surface area contributed by atoms with Gasteiger partial charge >= 0.3 is 6.18 Å². The van der Waals surface area contributed by atoms with E-state index in [1.165, 1.54) is 11.0 Å². The fraction of sp³-hybridized carbons (Fsp3) is 0.333. The smallest absolute Gasteiger partial charge is 0.393 e. The van der Waals surface area contributed by atoms with Crippen molar-refractivity contribution in [3.63, 3.8) is 0 Å². The number of carbonyl (C=O) groups excluding carboxylic acids is 1. The topological polar surface area (TPSA) is 42.4 Å². The summed E-state index contributed by atoms with van der Waals surface area (Å²) in [6, 6.07) is 10.9. The molecule has 0 aliphatic carbocycles. The van der Waals surface area contributed by atoms with Crippen LogP contribution < -0.4 is 4.74 Å². The fourth-order valence-electron chi connectivity index (χ4n) is 3.04. The first-order valence-electron chi connectivity index (χ1n) is 9.07. The molecule has 0 radical (unpaired) electrons. The van der Waals surface area contributed by atoms with Gasteiger partial charge < -0.3 is 9.64 Å². The second-order valence-corrected chi connectivity index (χ2v) is 6.72. The predicted molar refractivity (Wildman–Crippen MR) is 99.4 cm³/mol. The molecule has 2 aromatic rings. The number of benzene rings is 1. The number of aromatic nitrogens is 1. The summed E-state index contributed by atoms with van der Waals surface area (Å²) in [5.74, 6) is -1.16. The van der Waals surface area contributed by atoms with Crippen LogP contribution in [-0.4, -0.2) is 35.1 Å². The van der Waals surface area contributed by atoms with Crippen molar-refractivity contribution < 1.29 is 22.7 Å². The van der Waals surface area contributed by atoms with Gasteiger partial charge in [-0.15, -0.1) is 0 Å². The molecule has 1 saturated heterocycles. The lowest BCUT2D eigenvalue weighted by atomic mass is 9.97. The molecule has 1 aliphatic heterocycles. The maximum Gasteiger partial charge on any atom is 0.393 e. The minimum atomic E-state index is -4.26. The molecule has 0 spiro atoms. The minimum absolute atomic E-state index is 0.0809. The van der Waals surface area contributed by atoms with Crippen LogP contribution in [0.25, 0.3) is 6.08 Å². The van der Waals surface area contributed by atoms with Crippen molar-refractivity contribution in [1.29, 1.82) is 0 Å². The number of rotatable bonds is 5. The number of piperidine rings is 1. The van der Waals surface area contributed by atoms with Gasteiger partial charge in [0, 0.05) is 37.1 Å². The van der Waals surface area contributed by atoms with Crippen LogP contribution in [0.1, 0.15) is 24.0 Å². The summed E-state index contributed by atoms with van der Waals surface area (Å²) < 4.78 is 44.3. The third-order valence-electron chi connectivity index (χ3n) is 4.62. The molecule has 2 heterocycles. The van der Waals surface area contributed by atoms with E-state index in [1.807, 2.05) is 12.1 Å². The molecule has 1 aromatic carbocycles. The maximum atomic E-state index is 12.9. The number of alkyl halides is 3. The Bertz CT molecular complexity index is 805. The molecule has 1 unspecified atom stereocenters. The van der Waals surface area contributed by atoms with Crippen LogP contribution in [0.2, 0.25) is 0 Å². The fourth-order valence-corrected chi connectivity index (χ4v) is 3.04. The van der Waals surface area contributed by atoms with Gasteiger partial charge in [-0.1, -0.05) is 18.2 Å². The van der Waals surface area contributed by atoms with Gasteiger partial charge in [-0.3, -0.25) is 9.78 Å². The van der Waals surface area contributed by atoms with Gasteiger partial charge in [-0.25, -0.2) is 0 Å². The number of halogens is 3. The SMILES string of the molecule is O=C(C=Cc1ccc(OCc2cccnc2)cc1)N1CCCC(C(F)(F)F)C1. The molecular formula is C21H21F3N2O2. The van der Waals surface area contributed by atoms with Gasteiger partial charge in [0.1, 0.15) is 12.4 Å². The first kappa shape index (κ1) is 19.9. The highest BCUT2D eigenvalue weighted by Gasteiger charge is 2.42. The van der Waals surface area contributed by atoms with E-state index in [-0.39, 0.29) is 13.0 Å². The highest BCUT2D eigenvalue weighted by molar-refractivity contribution is 5.91. The van der Waals surface area contributed by atoms with E-state index in [9.17, 15) is 18.0 Å². The Balaban J connectivity index is 1.53. The van der Waals surface area contributed by atoms with E-state index >= 15 is 0 Å². The van der Waals surface area contributed by atoms with Crippen LogP contribution in [0.4, 0.5) is 13.2 Å². The molecule has 7 heteroatoms. The standard InChI is InChI=1S/C21H21F3N2O2/c22-21(23,24)18-4-2-12-26(14-18)20(27)10-7-16-5-8-19(9-6-16)28-15-17-3-1-11-25-13-17/h1,3,5-11,13,18H,2,4,12,14-15H2. The molecule has 1 fully saturated rings. The lowest BCUT2D eigenvalue weighted by Gasteiger charge is -2.33. The lowest BCUT2D eigenvalue weighted by Crippen LogP contribution is -2.44. The van der Waals surface area contributed by atoms with E-state index in [4.69, 9.17) is 4.74 Å². The monoisotopic (exact) mass is 390 g/mol. The Morgan fingerprint density at radius 3 is 2.71 bits per heavy atom. The zero-order chi connectivity index (χ0) is 20.0. The molecule has 1 aliphatic rings. The van der Waals surface area contributed by atoms with Crippen molar-refractivity contribution in [2.24, 2.45) is 5.92 Å². The Morgan fingerprint density at radius 1 is 1.25 bits per heavy atom. The second kappa shape index (κ2) is 8.91. The number of ether oxygens (including phenoxy) is 1. The molecule has 0 N–H and O–H groups in total. The number of amides is 1. The van der Waals surface area contributed by atoms with Crippen molar-refractivity contribution in [3.8, 4) is 5.75 Å². The summed E-state index contributed by atoms with van der Waals surface area (Å²) in [6.45, 7) is 0.488. The van der Waals surface area contributed by atoms with Crippen molar-refractivity contribution in [1.82, 2.24) is 9.88 Å². The first-order chi connectivity index (χ1) is 13.4. The van der Waals surface area contributed by atoms with Crippen LogP contribution in [0, 0.1) is 5.92 Å². The molecule has 1 aromatic heterocycles. The quantitative estimate of drug-likeness (QED) is 0.708. The van der Waals surface area contributed by atoms with Crippen molar-refractivity contribution in [2.45, 2.75) is 25.6 Å². The summed E-state index contributed by atoms with van der Waals surface area (Å²) in [5, 5.41) is 0. The molecule has 148 valence electrons. The molecular weight excluding hydrogens is 369 g/mol. The number of hydrogen-bond donors (Lipinski definition) is 0. The number of nitrogens with zero attached hydrogens (tertiary/aromatic N) is 2. The molecule has 3 rings (SSSR count). The predicted octanol–water partition coefficient (Wildman–Crippen LogP) is 4.47. The minimum Gasteiger partial charge on any atom is -0.489 e. The number of carbonyl (C=O) groups is 1. The normalized spacial score (nSPS) is 17.7. The zero-order valence-electron chi connectivity index (χ0n) is 15.2. The number of likely N-dealkylation sites (tertiary alicyclic amines) is 1. The third-order valence-corrected chi connectivity index (χ3v) is 4.62. The van der Waals surface area contributed by atoms with Crippen molar-refractivity contribution in [3.05, 3.63) is 66.0 Å². The summed E-state index contributed by atoms with van der Waals surface area (Å²) in [6.07, 6.45) is 2.54. The lowest BCUT2D eigenvalue weighted by molar-refractivity contribution is -0.187. The summed E-state index contributed by atoms with van der Waals surface area (Å²) in [5.41, 5.74) is 1.72. The van der Waals surface area contributed by atoms with Crippen LogP contribution in [-0.2, 0) is 11.4 Å². The molecule has 4 nitrogen and oxygen atoms in total. The largest absolute Gasteiger partial charge is 0.489 e. The van der Waals surface area contributed by atoms with E-state index in [0.717, 1.165) is 11.1 Å². The Hall–Kier alpha value is -2.83. The average molecular weight is 390 g/mol. The van der Waals surface area contributed by atoms with Crippen molar-refractivity contribution in [2.75, 3.05) is 13.1 Å².